The zero-order chi connectivity index (χ0) is 10.3. The second kappa shape index (κ2) is 3.02. The highest BCUT2D eigenvalue weighted by Crippen LogP contribution is 2.35. The van der Waals surface area contributed by atoms with E-state index in [1.165, 1.54) is 0 Å². The van der Waals surface area contributed by atoms with E-state index in [9.17, 15) is 5.11 Å². The molecule has 3 nitrogen and oxygen atoms in total. The van der Waals surface area contributed by atoms with Crippen LogP contribution in [0.4, 0.5) is 0 Å². The summed E-state index contributed by atoms with van der Waals surface area (Å²) in [6, 6.07) is 0. The van der Waals surface area contributed by atoms with Crippen molar-refractivity contribution in [3.8, 4) is 0 Å². The van der Waals surface area contributed by atoms with Gasteiger partial charge in [0, 0.05) is 11.3 Å². The molecule has 2 rings (SSSR count). The van der Waals surface area contributed by atoms with E-state index >= 15 is 0 Å². The zero-order valence-electron chi connectivity index (χ0n) is 8.96. The highest BCUT2D eigenvalue weighted by Gasteiger charge is 2.32. The summed E-state index contributed by atoms with van der Waals surface area (Å²) in [7, 11) is 0. The van der Waals surface area contributed by atoms with Gasteiger partial charge >= 0.3 is 0 Å². The number of hydrogen-bond donors (Lipinski definition) is 1. The van der Waals surface area contributed by atoms with E-state index in [1.807, 2.05) is 20.8 Å². The van der Waals surface area contributed by atoms with Gasteiger partial charge in [0.1, 0.15) is 5.82 Å². The van der Waals surface area contributed by atoms with E-state index in [-0.39, 0.29) is 0 Å². The molecule has 3 heteroatoms. The zero-order valence-corrected chi connectivity index (χ0v) is 8.96. The fourth-order valence-electron chi connectivity index (χ4n) is 2.39. The molecule has 0 saturated carbocycles. The summed E-state index contributed by atoms with van der Waals surface area (Å²) in [5.74, 6) is 0.805. The number of fused-ring (bicyclic) bond motifs is 1. The molecule has 14 heavy (non-hydrogen) atoms. The van der Waals surface area contributed by atoms with Gasteiger partial charge < -0.3 is 5.11 Å². The summed E-state index contributed by atoms with van der Waals surface area (Å²) < 4.78 is 0. The average molecular weight is 192 g/mol. The molecule has 0 amide bonds. The maximum absolute atomic E-state index is 10.2. The number of hydrogen-bond acceptors (Lipinski definition) is 3. The minimum absolute atomic E-state index is 0.731. The van der Waals surface area contributed by atoms with Crippen LogP contribution in [0, 0.1) is 13.8 Å². The monoisotopic (exact) mass is 192 g/mol. The van der Waals surface area contributed by atoms with Gasteiger partial charge in [-0.25, -0.2) is 9.97 Å². The molecular formula is C11H16N2O. The van der Waals surface area contributed by atoms with Crippen molar-refractivity contribution in [2.75, 3.05) is 0 Å². The molecule has 1 aliphatic carbocycles. The minimum Gasteiger partial charge on any atom is -0.385 e. The van der Waals surface area contributed by atoms with Gasteiger partial charge in [0.2, 0.25) is 0 Å². The van der Waals surface area contributed by atoms with E-state index in [0.717, 1.165) is 42.0 Å². The Morgan fingerprint density at radius 3 is 2.71 bits per heavy atom. The van der Waals surface area contributed by atoms with Crippen LogP contribution in [-0.2, 0) is 12.0 Å². The van der Waals surface area contributed by atoms with Crippen LogP contribution >= 0.6 is 0 Å². The summed E-state index contributed by atoms with van der Waals surface area (Å²) >= 11 is 0. The second-order valence-corrected chi connectivity index (χ2v) is 4.31. The molecule has 0 aliphatic heterocycles. The Labute approximate surface area is 84.2 Å². The summed E-state index contributed by atoms with van der Waals surface area (Å²) in [6.45, 7) is 5.71. The van der Waals surface area contributed by atoms with E-state index in [1.54, 1.807) is 0 Å². The van der Waals surface area contributed by atoms with Crippen molar-refractivity contribution < 1.29 is 5.11 Å². The number of aliphatic hydroxyl groups is 1. The number of aryl methyl sites for hydroxylation is 3. The predicted octanol–water partition coefficient (Wildman–Crippen LogP) is 1.64. The Bertz CT molecular complexity index is 372. The van der Waals surface area contributed by atoms with Crippen molar-refractivity contribution in [3.63, 3.8) is 0 Å². The van der Waals surface area contributed by atoms with Crippen molar-refractivity contribution in [1.82, 2.24) is 9.97 Å². The molecule has 1 unspecified atom stereocenters. The maximum Gasteiger partial charge on any atom is 0.125 e. The first-order chi connectivity index (χ1) is 6.50. The van der Waals surface area contributed by atoms with Crippen LogP contribution in [0.25, 0.3) is 0 Å². The summed E-state index contributed by atoms with van der Waals surface area (Å²) in [5, 5.41) is 10.2. The normalized spacial score (nSPS) is 26.0. The highest BCUT2D eigenvalue weighted by molar-refractivity contribution is 5.33. The Morgan fingerprint density at radius 2 is 2.00 bits per heavy atom. The lowest BCUT2D eigenvalue weighted by Gasteiger charge is -2.31. The molecule has 1 aliphatic rings. The number of rotatable bonds is 0. The Kier molecular flexibility index (Phi) is 2.07. The highest BCUT2D eigenvalue weighted by atomic mass is 16.3. The molecule has 1 atom stereocenters. The van der Waals surface area contributed by atoms with Gasteiger partial charge in [-0.3, -0.25) is 0 Å². The van der Waals surface area contributed by atoms with Crippen molar-refractivity contribution in [2.24, 2.45) is 0 Å². The Hall–Kier alpha value is -0.960. The molecule has 76 valence electrons. The molecule has 0 radical (unpaired) electrons. The van der Waals surface area contributed by atoms with Crippen LogP contribution < -0.4 is 0 Å². The topological polar surface area (TPSA) is 46.0 Å². The van der Waals surface area contributed by atoms with Crippen LogP contribution in [0.3, 0.4) is 0 Å². The van der Waals surface area contributed by atoms with Crippen molar-refractivity contribution in [1.29, 1.82) is 0 Å². The summed E-state index contributed by atoms with van der Waals surface area (Å²) in [5.41, 5.74) is 2.18. The van der Waals surface area contributed by atoms with Gasteiger partial charge in [-0.05, 0) is 40.0 Å². The lowest BCUT2D eigenvalue weighted by Crippen LogP contribution is -2.29. The molecule has 1 N–H and O–H groups in total. The van der Waals surface area contributed by atoms with E-state index in [0.29, 0.717) is 0 Å². The molecule has 0 bridgehead atoms. The van der Waals surface area contributed by atoms with Crippen LogP contribution in [0.1, 0.15) is 42.5 Å². The quantitative estimate of drug-likeness (QED) is 0.679. The van der Waals surface area contributed by atoms with Gasteiger partial charge in [-0.2, -0.15) is 0 Å². The van der Waals surface area contributed by atoms with Crippen molar-refractivity contribution in [2.45, 2.75) is 45.6 Å². The van der Waals surface area contributed by atoms with Gasteiger partial charge in [0.15, 0.2) is 0 Å². The molecule has 1 aromatic heterocycles. The van der Waals surface area contributed by atoms with Crippen LogP contribution in [-0.4, -0.2) is 15.1 Å². The molecule has 0 spiro atoms. The molecule has 0 fully saturated rings. The van der Waals surface area contributed by atoms with Gasteiger partial charge in [0.25, 0.3) is 0 Å². The predicted molar refractivity (Wildman–Crippen MR) is 54.0 cm³/mol. The van der Waals surface area contributed by atoms with Crippen molar-refractivity contribution in [3.05, 3.63) is 22.8 Å². The van der Waals surface area contributed by atoms with Crippen LogP contribution in [0.2, 0.25) is 0 Å². The molecule has 1 aromatic rings. The standard InChI is InChI=1S/C11H16N2O/c1-7-10-9(13-8(2)12-7)5-4-6-11(10,3)14/h14H,4-6H2,1-3H3. The Balaban J connectivity index is 2.63. The van der Waals surface area contributed by atoms with E-state index < -0.39 is 5.60 Å². The average Bonchev–Trinajstić information content (AvgIpc) is 2.00. The third-order valence-corrected chi connectivity index (χ3v) is 2.89. The largest absolute Gasteiger partial charge is 0.385 e. The first-order valence-electron chi connectivity index (χ1n) is 5.08. The molecular weight excluding hydrogens is 176 g/mol. The van der Waals surface area contributed by atoms with Crippen LogP contribution in [0.15, 0.2) is 0 Å². The van der Waals surface area contributed by atoms with Gasteiger partial charge in [0.05, 0.1) is 11.3 Å². The lowest BCUT2D eigenvalue weighted by atomic mass is 9.82. The summed E-state index contributed by atoms with van der Waals surface area (Å²) in [4.78, 5) is 8.71. The molecule has 0 aromatic carbocycles. The smallest absolute Gasteiger partial charge is 0.125 e. The molecule has 1 heterocycles. The number of aromatic nitrogens is 2. The first-order valence-corrected chi connectivity index (χ1v) is 5.08. The summed E-state index contributed by atoms with van der Waals surface area (Å²) in [6.07, 6.45) is 2.79. The van der Waals surface area contributed by atoms with Crippen LogP contribution in [0.5, 0.6) is 0 Å². The van der Waals surface area contributed by atoms with E-state index in [4.69, 9.17) is 0 Å². The van der Waals surface area contributed by atoms with Crippen molar-refractivity contribution >= 4 is 0 Å². The fourth-order valence-corrected chi connectivity index (χ4v) is 2.39. The Morgan fingerprint density at radius 1 is 1.29 bits per heavy atom. The third kappa shape index (κ3) is 1.42. The molecule has 0 saturated heterocycles. The lowest BCUT2D eigenvalue weighted by molar-refractivity contribution is 0.0366. The second-order valence-electron chi connectivity index (χ2n) is 4.31. The minimum atomic E-state index is -0.731. The van der Waals surface area contributed by atoms with E-state index in [2.05, 4.69) is 9.97 Å². The number of nitrogens with zero attached hydrogens (tertiary/aromatic N) is 2. The first kappa shape index (κ1) is 9.59. The van der Waals surface area contributed by atoms with Gasteiger partial charge in [-0.1, -0.05) is 0 Å². The van der Waals surface area contributed by atoms with Gasteiger partial charge in [-0.15, -0.1) is 0 Å². The fraction of sp³-hybridized carbons (Fsp3) is 0.636. The maximum atomic E-state index is 10.2. The third-order valence-electron chi connectivity index (χ3n) is 2.89. The SMILES string of the molecule is Cc1nc(C)c2c(n1)CCCC2(C)O.